The van der Waals surface area contributed by atoms with Gasteiger partial charge in [-0.05, 0) is 24.1 Å². The van der Waals surface area contributed by atoms with E-state index in [9.17, 15) is 9.59 Å². The SMILES string of the molecule is CCC(CC(=O)O)NC(=O)NCc1ccc2c(c1)OCO2. The molecule has 0 saturated heterocycles. The molecule has 0 saturated carbocycles. The molecule has 1 aliphatic rings. The maximum Gasteiger partial charge on any atom is 0.315 e. The largest absolute Gasteiger partial charge is 0.481 e. The molecule has 1 aliphatic heterocycles. The van der Waals surface area contributed by atoms with Crippen LogP contribution in [0.5, 0.6) is 11.5 Å². The third-order valence-electron chi connectivity index (χ3n) is 3.14. The number of rotatable bonds is 6. The average molecular weight is 294 g/mol. The average Bonchev–Trinajstić information content (AvgIpc) is 2.91. The Morgan fingerprint density at radius 3 is 2.81 bits per heavy atom. The van der Waals surface area contributed by atoms with Crippen molar-refractivity contribution in [2.45, 2.75) is 32.4 Å². The molecular weight excluding hydrogens is 276 g/mol. The Hall–Kier alpha value is -2.44. The van der Waals surface area contributed by atoms with Gasteiger partial charge in [0.25, 0.3) is 0 Å². The smallest absolute Gasteiger partial charge is 0.315 e. The highest BCUT2D eigenvalue weighted by Crippen LogP contribution is 2.32. The number of urea groups is 1. The van der Waals surface area contributed by atoms with Gasteiger partial charge in [-0.25, -0.2) is 4.79 Å². The molecule has 114 valence electrons. The van der Waals surface area contributed by atoms with E-state index in [0.717, 1.165) is 5.56 Å². The summed E-state index contributed by atoms with van der Waals surface area (Å²) >= 11 is 0. The summed E-state index contributed by atoms with van der Waals surface area (Å²) < 4.78 is 10.5. The molecule has 0 aromatic heterocycles. The summed E-state index contributed by atoms with van der Waals surface area (Å²) in [7, 11) is 0. The van der Waals surface area contributed by atoms with Gasteiger partial charge in [-0.3, -0.25) is 4.79 Å². The van der Waals surface area contributed by atoms with Crippen LogP contribution in [0.1, 0.15) is 25.3 Å². The molecule has 1 unspecified atom stereocenters. The molecule has 2 amide bonds. The first-order valence-electron chi connectivity index (χ1n) is 6.73. The Morgan fingerprint density at radius 2 is 2.10 bits per heavy atom. The Morgan fingerprint density at radius 1 is 1.33 bits per heavy atom. The third kappa shape index (κ3) is 4.27. The predicted molar refractivity (Wildman–Crippen MR) is 74.3 cm³/mol. The summed E-state index contributed by atoms with van der Waals surface area (Å²) in [4.78, 5) is 22.4. The highest BCUT2D eigenvalue weighted by Gasteiger charge is 2.15. The van der Waals surface area contributed by atoms with E-state index in [-0.39, 0.29) is 25.3 Å². The van der Waals surface area contributed by atoms with Gasteiger partial charge in [-0.15, -0.1) is 0 Å². The van der Waals surface area contributed by atoms with Crippen molar-refractivity contribution in [3.8, 4) is 11.5 Å². The number of hydrogen-bond acceptors (Lipinski definition) is 4. The van der Waals surface area contributed by atoms with E-state index in [0.29, 0.717) is 24.5 Å². The van der Waals surface area contributed by atoms with Crippen LogP contribution in [0.2, 0.25) is 0 Å². The number of carboxylic acids is 1. The van der Waals surface area contributed by atoms with Crippen molar-refractivity contribution in [2.24, 2.45) is 0 Å². The minimum absolute atomic E-state index is 0.0893. The van der Waals surface area contributed by atoms with Crippen molar-refractivity contribution in [1.82, 2.24) is 10.6 Å². The number of nitrogens with one attached hydrogen (secondary N) is 2. The maximum atomic E-state index is 11.7. The number of hydrogen-bond donors (Lipinski definition) is 3. The van der Waals surface area contributed by atoms with Crippen molar-refractivity contribution >= 4 is 12.0 Å². The predicted octanol–water partition coefficient (Wildman–Crippen LogP) is 1.47. The van der Waals surface area contributed by atoms with Crippen LogP contribution in [0.3, 0.4) is 0 Å². The van der Waals surface area contributed by atoms with E-state index in [1.165, 1.54) is 0 Å². The molecule has 7 nitrogen and oxygen atoms in total. The monoisotopic (exact) mass is 294 g/mol. The molecule has 0 spiro atoms. The van der Waals surface area contributed by atoms with E-state index in [1.54, 1.807) is 12.1 Å². The lowest BCUT2D eigenvalue weighted by atomic mass is 10.1. The first-order chi connectivity index (χ1) is 10.1. The fraction of sp³-hybridized carbons (Fsp3) is 0.429. The normalized spacial score (nSPS) is 13.6. The number of amides is 2. The Labute approximate surface area is 122 Å². The third-order valence-corrected chi connectivity index (χ3v) is 3.14. The van der Waals surface area contributed by atoms with Crippen molar-refractivity contribution in [1.29, 1.82) is 0 Å². The molecule has 0 fully saturated rings. The zero-order chi connectivity index (χ0) is 15.2. The van der Waals surface area contributed by atoms with Crippen LogP contribution in [-0.4, -0.2) is 29.9 Å². The van der Waals surface area contributed by atoms with E-state index in [1.807, 2.05) is 13.0 Å². The highest BCUT2D eigenvalue weighted by atomic mass is 16.7. The van der Waals surface area contributed by atoms with Crippen molar-refractivity contribution < 1.29 is 24.2 Å². The first-order valence-corrected chi connectivity index (χ1v) is 6.73. The lowest BCUT2D eigenvalue weighted by Gasteiger charge is -2.15. The molecule has 1 aromatic rings. The molecule has 0 aliphatic carbocycles. The lowest BCUT2D eigenvalue weighted by Crippen LogP contribution is -2.42. The van der Waals surface area contributed by atoms with Gasteiger partial charge in [-0.1, -0.05) is 13.0 Å². The summed E-state index contributed by atoms with van der Waals surface area (Å²) in [5, 5.41) is 14.1. The standard InChI is InChI=1S/C14H18N2O5/c1-2-10(6-13(17)18)16-14(19)15-7-9-3-4-11-12(5-9)21-8-20-11/h3-5,10H,2,6-8H2,1H3,(H,17,18)(H2,15,16,19). The van der Waals surface area contributed by atoms with Crippen LogP contribution in [0, 0.1) is 0 Å². The van der Waals surface area contributed by atoms with Gasteiger partial charge >= 0.3 is 12.0 Å². The molecule has 0 bridgehead atoms. The van der Waals surface area contributed by atoms with Crippen LogP contribution < -0.4 is 20.1 Å². The van der Waals surface area contributed by atoms with Crippen LogP contribution in [0.15, 0.2) is 18.2 Å². The second-order valence-corrected chi connectivity index (χ2v) is 4.72. The Kier molecular flexibility index (Phi) is 4.86. The number of carbonyl (C=O) groups is 2. The molecule has 1 aromatic carbocycles. The van der Waals surface area contributed by atoms with E-state index >= 15 is 0 Å². The van der Waals surface area contributed by atoms with Crippen LogP contribution in [-0.2, 0) is 11.3 Å². The number of carbonyl (C=O) groups excluding carboxylic acids is 1. The van der Waals surface area contributed by atoms with Crippen molar-refractivity contribution in [3.05, 3.63) is 23.8 Å². The number of ether oxygens (including phenoxy) is 2. The van der Waals surface area contributed by atoms with Gasteiger partial charge in [0.05, 0.1) is 6.42 Å². The summed E-state index contributed by atoms with van der Waals surface area (Å²) in [5.74, 6) is 0.417. The second kappa shape index (κ2) is 6.83. The van der Waals surface area contributed by atoms with Gasteiger partial charge in [0.1, 0.15) is 0 Å². The molecule has 2 rings (SSSR count). The minimum atomic E-state index is -0.932. The zero-order valence-corrected chi connectivity index (χ0v) is 11.7. The number of fused-ring (bicyclic) bond motifs is 1. The molecule has 3 N–H and O–H groups in total. The molecule has 1 atom stereocenters. The molecule has 1 heterocycles. The van der Waals surface area contributed by atoms with Crippen LogP contribution >= 0.6 is 0 Å². The van der Waals surface area contributed by atoms with Crippen molar-refractivity contribution in [2.75, 3.05) is 6.79 Å². The number of benzene rings is 1. The Bertz CT molecular complexity index is 532. The van der Waals surface area contributed by atoms with Gasteiger partial charge in [0.2, 0.25) is 6.79 Å². The lowest BCUT2D eigenvalue weighted by molar-refractivity contribution is -0.137. The van der Waals surface area contributed by atoms with Crippen LogP contribution in [0.4, 0.5) is 4.79 Å². The van der Waals surface area contributed by atoms with Gasteiger partial charge in [0.15, 0.2) is 11.5 Å². The van der Waals surface area contributed by atoms with Gasteiger partial charge in [-0.2, -0.15) is 0 Å². The first kappa shape index (κ1) is 15.0. The molecular formula is C14H18N2O5. The van der Waals surface area contributed by atoms with E-state index in [4.69, 9.17) is 14.6 Å². The second-order valence-electron chi connectivity index (χ2n) is 4.72. The van der Waals surface area contributed by atoms with Crippen molar-refractivity contribution in [3.63, 3.8) is 0 Å². The molecule has 21 heavy (non-hydrogen) atoms. The minimum Gasteiger partial charge on any atom is -0.481 e. The quantitative estimate of drug-likeness (QED) is 0.738. The number of aliphatic carboxylic acids is 1. The zero-order valence-electron chi connectivity index (χ0n) is 11.7. The summed E-state index contributed by atoms with van der Waals surface area (Å²) in [6.07, 6.45) is 0.470. The van der Waals surface area contributed by atoms with Crippen LogP contribution in [0.25, 0.3) is 0 Å². The molecule has 7 heteroatoms. The number of carboxylic acid groups (broad SMARTS) is 1. The fourth-order valence-electron chi connectivity index (χ4n) is 1.98. The Balaban J connectivity index is 1.82. The van der Waals surface area contributed by atoms with E-state index in [2.05, 4.69) is 10.6 Å². The highest BCUT2D eigenvalue weighted by molar-refractivity contribution is 5.75. The fourth-order valence-corrected chi connectivity index (χ4v) is 1.98. The summed E-state index contributed by atoms with van der Waals surface area (Å²) in [6.45, 7) is 2.36. The molecule has 0 radical (unpaired) electrons. The van der Waals surface area contributed by atoms with Gasteiger partial charge in [0, 0.05) is 12.6 Å². The van der Waals surface area contributed by atoms with Gasteiger partial charge < -0.3 is 25.2 Å². The van der Waals surface area contributed by atoms with E-state index < -0.39 is 5.97 Å². The summed E-state index contributed by atoms with van der Waals surface area (Å²) in [5.41, 5.74) is 0.876. The maximum absolute atomic E-state index is 11.7. The summed E-state index contributed by atoms with van der Waals surface area (Å²) in [6, 6.07) is 4.66. The topological polar surface area (TPSA) is 96.9 Å².